The lowest BCUT2D eigenvalue weighted by Gasteiger charge is -2.03. The van der Waals surface area contributed by atoms with E-state index in [1.54, 1.807) is 13.0 Å². The number of aryl methyl sites for hydroxylation is 1. The quantitative estimate of drug-likeness (QED) is 0.789. The van der Waals surface area contributed by atoms with Crippen molar-refractivity contribution >= 4 is 21.9 Å². The monoisotopic (exact) mass is 274 g/mol. The van der Waals surface area contributed by atoms with Gasteiger partial charge in [0.25, 0.3) is 0 Å². The molecule has 0 atom stereocenters. The maximum Gasteiger partial charge on any atom is 0.306 e. The number of benzene rings is 1. The summed E-state index contributed by atoms with van der Waals surface area (Å²) in [7, 11) is 0. The van der Waals surface area contributed by atoms with Gasteiger partial charge in [0, 0.05) is 10.9 Å². The highest BCUT2D eigenvalue weighted by Crippen LogP contribution is 2.16. The van der Waals surface area contributed by atoms with Crippen LogP contribution in [-0.4, -0.2) is 12.6 Å². The van der Waals surface area contributed by atoms with Crippen molar-refractivity contribution < 1.29 is 13.9 Å². The fourth-order valence-corrected chi connectivity index (χ4v) is 1.75. The summed E-state index contributed by atoms with van der Waals surface area (Å²) >= 11 is 3.19. The van der Waals surface area contributed by atoms with Gasteiger partial charge in [0.15, 0.2) is 0 Å². The van der Waals surface area contributed by atoms with Crippen molar-refractivity contribution in [1.29, 1.82) is 0 Å². The molecule has 0 saturated heterocycles. The van der Waals surface area contributed by atoms with Gasteiger partial charge in [0.05, 0.1) is 6.61 Å². The second kappa shape index (κ2) is 5.85. The van der Waals surface area contributed by atoms with Crippen molar-refractivity contribution in [3.63, 3.8) is 0 Å². The molecular formula is C11H12BrFO2. The Bertz CT molecular complexity index is 332. The van der Waals surface area contributed by atoms with Gasteiger partial charge >= 0.3 is 5.97 Å². The van der Waals surface area contributed by atoms with E-state index in [0.29, 0.717) is 17.5 Å². The average Bonchev–Trinajstić information content (AvgIpc) is 2.14. The predicted octanol–water partition coefficient (Wildman–Crippen LogP) is 3.08. The molecule has 0 fully saturated rings. The minimum absolute atomic E-state index is 0.252. The van der Waals surface area contributed by atoms with E-state index in [0.717, 1.165) is 5.56 Å². The highest BCUT2D eigenvalue weighted by Gasteiger charge is 2.04. The van der Waals surface area contributed by atoms with Crippen molar-refractivity contribution in [2.24, 2.45) is 0 Å². The first-order valence-corrected chi connectivity index (χ1v) is 5.51. The van der Waals surface area contributed by atoms with E-state index >= 15 is 0 Å². The minimum atomic E-state index is -0.303. The molecule has 0 aromatic heterocycles. The number of esters is 1. The summed E-state index contributed by atoms with van der Waals surface area (Å²) in [4.78, 5) is 11.1. The first-order chi connectivity index (χ1) is 7.11. The molecule has 1 aromatic rings. The summed E-state index contributed by atoms with van der Waals surface area (Å²) in [6, 6.07) is 4.60. The Morgan fingerprint density at radius 2 is 2.20 bits per heavy atom. The number of halogens is 2. The largest absolute Gasteiger partial charge is 0.466 e. The Morgan fingerprint density at radius 1 is 1.47 bits per heavy atom. The molecule has 4 heteroatoms. The molecule has 0 amide bonds. The fraction of sp³-hybridized carbons (Fsp3) is 0.364. The van der Waals surface area contributed by atoms with Crippen LogP contribution in [0.3, 0.4) is 0 Å². The lowest BCUT2D eigenvalue weighted by molar-refractivity contribution is -0.143. The van der Waals surface area contributed by atoms with Crippen molar-refractivity contribution in [3.8, 4) is 0 Å². The zero-order valence-corrected chi connectivity index (χ0v) is 10.0. The van der Waals surface area contributed by atoms with E-state index in [1.807, 2.05) is 0 Å². The van der Waals surface area contributed by atoms with Crippen molar-refractivity contribution in [2.75, 3.05) is 6.61 Å². The Morgan fingerprint density at radius 3 is 2.80 bits per heavy atom. The first kappa shape index (κ1) is 12.2. The lowest BCUT2D eigenvalue weighted by Crippen LogP contribution is -2.05. The fourth-order valence-electron chi connectivity index (χ4n) is 1.23. The second-order valence-electron chi connectivity index (χ2n) is 3.08. The summed E-state index contributed by atoms with van der Waals surface area (Å²) in [6.07, 6.45) is 0.777. The Hall–Kier alpha value is -0.900. The molecular weight excluding hydrogens is 263 g/mol. The molecule has 0 saturated carbocycles. The van der Waals surface area contributed by atoms with Crippen LogP contribution in [0.25, 0.3) is 0 Å². The van der Waals surface area contributed by atoms with Crippen molar-refractivity contribution in [2.45, 2.75) is 19.8 Å². The van der Waals surface area contributed by atoms with Gasteiger partial charge < -0.3 is 4.74 Å². The van der Waals surface area contributed by atoms with E-state index in [-0.39, 0.29) is 18.2 Å². The molecule has 0 N–H and O–H groups in total. The van der Waals surface area contributed by atoms with Crippen LogP contribution in [0, 0.1) is 5.82 Å². The molecule has 82 valence electrons. The maximum absolute atomic E-state index is 13.0. The summed E-state index contributed by atoms with van der Waals surface area (Å²) in [5.41, 5.74) is 0.787. The van der Waals surface area contributed by atoms with Crippen LogP contribution < -0.4 is 0 Å². The lowest BCUT2D eigenvalue weighted by atomic mass is 10.1. The van der Waals surface area contributed by atoms with E-state index in [4.69, 9.17) is 4.74 Å². The van der Waals surface area contributed by atoms with E-state index in [2.05, 4.69) is 15.9 Å². The number of rotatable bonds is 4. The molecule has 0 radical (unpaired) electrons. The van der Waals surface area contributed by atoms with E-state index < -0.39 is 0 Å². The zero-order chi connectivity index (χ0) is 11.3. The second-order valence-corrected chi connectivity index (χ2v) is 4.00. The number of ether oxygens (including phenoxy) is 1. The molecule has 0 heterocycles. The number of hydrogen-bond acceptors (Lipinski definition) is 2. The van der Waals surface area contributed by atoms with Crippen LogP contribution in [-0.2, 0) is 16.0 Å². The van der Waals surface area contributed by atoms with Crippen LogP contribution in [0.1, 0.15) is 18.9 Å². The predicted molar refractivity (Wildman–Crippen MR) is 59.1 cm³/mol. The van der Waals surface area contributed by atoms with Crippen LogP contribution in [0.15, 0.2) is 22.7 Å². The number of hydrogen-bond donors (Lipinski definition) is 0. The summed E-state index contributed by atoms with van der Waals surface area (Å²) < 4.78 is 18.4. The normalized spacial score (nSPS) is 10.1. The Balaban J connectivity index is 2.54. The van der Waals surface area contributed by atoms with Crippen molar-refractivity contribution in [1.82, 2.24) is 0 Å². The standard InChI is InChI=1S/C11H12BrFO2/c1-2-15-11(14)4-3-8-5-9(12)7-10(13)6-8/h5-7H,2-4H2,1H3. The maximum atomic E-state index is 13.0. The zero-order valence-electron chi connectivity index (χ0n) is 8.43. The number of carbonyl (C=O) groups excluding carboxylic acids is 1. The molecule has 0 aliphatic carbocycles. The molecule has 0 aliphatic heterocycles. The van der Waals surface area contributed by atoms with Gasteiger partial charge in [0.1, 0.15) is 5.82 Å². The highest BCUT2D eigenvalue weighted by molar-refractivity contribution is 9.10. The van der Waals surface area contributed by atoms with Gasteiger partial charge in [-0.2, -0.15) is 0 Å². The van der Waals surface area contributed by atoms with Gasteiger partial charge in [-0.3, -0.25) is 4.79 Å². The molecule has 0 bridgehead atoms. The molecule has 0 spiro atoms. The van der Waals surface area contributed by atoms with Crippen LogP contribution >= 0.6 is 15.9 Å². The molecule has 1 aromatic carbocycles. The topological polar surface area (TPSA) is 26.3 Å². The van der Waals surface area contributed by atoms with Crippen LogP contribution in [0.5, 0.6) is 0 Å². The third-order valence-corrected chi connectivity index (χ3v) is 2.30. The highest BCUT2D eigenvalue weighted by atomic mass is 79.9. The summed E-state index contributed by atoms with van der Waals surface area (Å²) in [5.74, 6) is -0.555. The van der Waals surface area contributed by atoms with Crippen LogP contribution in [0.2, 0.25) is 0 Å². The van der Waals surface area contributed by atoms with Gasteiger partial charge in [-0.1, -0.05) is 15.9 Å². The average molecular weight is 275 g/mol. The molecule has 0 unspecified atom stereocenters. The Kier molecular flexibility index (Phi) is 4.75. The first-order valence-electron chi connectivity index (χ1n) is 4.72. The smallest absolute Gasteiger partial charge is 0.306 e. The van der Waals surface area contributed by atoms with Gasteiger partial charge in [-0.25, -0.2) is 4.39 Å². The van der Waals surface area contributed by atoms with Gasteiger partial charge in [-0.15, -0.1) is 0 Å². The third-order valence-electron chi connectivity index (χ3n) is 1.85. The molecule has 1 rings (SSSR count). The Labute approximate surface area is 96.6 Å². The summed E-state index contributed by atoms with van der Waals surface area (Å²) in [5, 5.41) is 0. The van der Waals surface area contributed by atoms with Crippen molar-refractivity contribution in [3.05, 3.63) is 34.1 Å². The van der Waals surface area contributed by atoms with Gasteiger partial charge in [0.2, 0.25) is 0 Å². The van der Waals surface area contributed by atoms with Gasteiger partial charge in [-0.05, 0) is 37.1 Å². The molecule has 0 aliphatic rings. The van der Waals surface area contributed by atoms with Crippen LogP contribution in [0.4, 0.5) is 4.39 Å². The summed E-state index contributed by atoms with van der Waals surface area (Å²) in [6.45, 7) is 2.14. The molecule has 15 heavy (non-hydrogen) atoms. The molecule has 2 nitrogen and oxygen atoms in total. The minimum Gasteiger partial charge on any atom is -0.466 e. The SMILES string of the molecule is CCOC(=O)CCc1cc(F)cc(Br)c1. The third kappa shape index (κ3) is 4.42. The number of carbonyl (C=O) groups is 1. The van der Waals surface area contributed by atoms with E-state index in [1.165, 1.54) is 12.1 Å². The van der Waals surface area contributed by atoms with E-state index in [9.17, 15) is 9.18 Å².